The van der Waals surface area contributed by atoms with Crippen LogP contribution in [-0.4, -0.2) is 64.3 Å². The van der Waals surface area contributed by atoms with Crippen LogP contribution in [0.4, 0.5) is 23.4 Å². The monoisotopic (exact) mass is 646 g/mol. The van der Waals surface area contributed by atoms with Crippen LogP contribution in [0.5, 0.6) is 11.8 Å². The number of fused-ring (bicyclic) bond motifs is 2. The van der Waals surface area contributed by atoms with Crippen LogP contribution in [-0.2, 0) is 0 Å². The topological polar surface area (TPSA) is 86.6 Å². The Labute approximate surface area is 269 Å². The molecule has 0 unspecified atom stereocenters. The number of rotatable bonds is 7. The van der Waals surface area contributed by atoms with E-state index in [0.717, 1.165) is 32.1 Å². The Morgan fingerprint density at radius 3 is 2.62 bits per heavy atom. The fourth-order valence-electron chi connectivity index (χ4n) is 6.66. The lowest BCUT2D eigenvalue weighted by Gasteiger charge is -2.31. The molecule has 3 aliphatic rings. The first-order valence-corrected chi connectivity index (χ1v) is 15.9. The molecule has 0 spiro atoms. The van der Waals surface area contributed by atoms with Gasteiger partial charge in [0.2, 0.25) is 0 Å². The zero-order valence-corrected chi connectivity index (χ0v) is 25.8. The van der Waals surface area contributed by atoms with Crippen molar-refractivity contribution in [2.75, 3.05) is 44.3 Å². The zero-order valence-electron chi connectivity index (χ0n) is 25.8. The first-order chi connectivity index (χ1) is 22.7. The number of hydrazine groups is 1. The van der Waals surface area contributed by atoms with Crippen LogP contribution in [0.25, 0.3) is 32.9 Å². The molecule has 2 saturated heterocycles. The molecule has 2 aromatic carbocycles. The summed E-state index contributed by atoms with van der Waals surface area (Å²) < 4.78 is 63.8. The van der Waals surface area contributed by atoms with Gasteiger partial charge in [-0.15, -0.1) is 6.42 Å². The van der Waals surface area contributed by atoms with E-state index in [1.165, 1.54) is 30.5 Å². The van der Waals surface area contributed by atoms with E-state index in [1.807, 2.05) is 5.01 Å². The van der Waals surface area contributed by atoms with Gasteiger partial charge in [0.1, 0.15) is 22.8 Å². The number of terminal acetylenes is 1. The van der Waals surface area contributed by atoms with Crippen molar-refractivity contribution < 1.29 is 27.4 Å². The number of nitrogens with one attached hydrogen (secondary N) is 1. The van der Waals surface area contributed by atoms with Crippen LogP contribution in [0.3, 0.4) is 0 Å². The highest BCUT2D eigenvalue weighted by Gasteiger charge is 2.45. The molecule has 4 heterocycles. The van der Waals surface area contributed by atoms with Gasteiger partial charge in [0.05, 0.1) is 17.6 Å². The number of hydrogen-bond donors (Lipinski definition) is 2. The smallest absolute Gasteiger partial charge is 0.319 e. The van der Waals surface area contributed by atoms with Crippen LogP contribution >= 0.6 is 0 Å². The second kappa shape index (κ2) is 12.6. The molecular formula is C35H34F4N6O2. The van der Waals surface area contributed by atoms with E-state index in [9.17, 15) is 18.3 Å². The molecule has 2 N–H and O–H groups in total. The Bertz CT molecular complexity index is 1920. The minimum Gasteiger partial charge on any atom is -0.508 e. The van der Waals surface area contributed by atoms with E-state index in [2.05, 4.69) is 26.2 Å². The summed E-state index contributed by atoms with van der Waals surface area (Å²) in [6, 6.07) is 5.42. The number of nitrogens with zero attached hydrogens (tertiary/aromatic N) is 5. The normalized spacial score (nSPS) is 18.3. The lowest BCUT2D eigenvalue weighted by Crippen LogP contribution is -2.39. The molecule has 8 nitrogen and oxygen atoms in total. The van der Waals surface area contributed by atoms with Gasteiger partial charge >= 0.3 is 6.01 Å². The Morgan fingerprint density at radius 2 is 1.87 bits per heavy atom. The molecule has 244 valence electrons. The number of halogens is 4. The van der Waals surface area contributed by atoms with Crippen molar-refractivity contribution in [3.63, 3.8) is 0 Å². The molecule has 7 rings (SSSR count). The molecule has 12 heteroatoms. The summed E-state index contributed by atoms with van der Waals surface area (Å²) in [5.74, 6) is 1.19. The summed E-state index contributed by atoms with van der Waals surface area (Å²) in [7, 11) is 0. The average molecular weight is 647 g/mol. The van der Waals surface area contributed by atoms with E-state index in [0.29, 0.717) is 68.8 Å². The lowest BCUT2D eigenvalue weighted by molar-refractivity contribution is 0.146. The molecule has 0 atom stereocenters. The Morgan fingerprint density at radius 1 is 1.06 bits per heavy atom. The first kappa shape index (κ1) is 31.1. The summed E-state index contributed by atoms with van der Waals surface area (Å²) in [4.78, 5) is 15.9. The first-order valence-electron chi connectivity index (χ1n) is 15.9. The van der Waals surface area contributed by atoms with Crippen LogP contribution in [0, 0.1) is 29.4 Å². The predicted octanol–water partition coefficient (Wildman–Crippen LogP) is 6.71. The van der Waals surface area contributed by atoms with E-state index in [4.69, 9.17) is 16.1 Å². The number of aromatic nitrogens is 3. The standard InChI is InChI=1S/C35H34F4N6O2/c1-2-24-27(36)7-6-22-16-23(46)17-25(28(22)24)30-29(37)31-26(18-40-30)33(45-13-5-3-4-12-41-45)43-34(42-31)47-20-35(10-11-35)19-44-14-8-21(9-15-44)32(38)39/h1,6-7,16-18,41,46H,3-5,8-15,19-20H2. The quantitative estimate of drug-likeness (QED) is 0.169. The molecule has 3 fully saturated rings. The van der Waals surface area contributed by atoms with Crippen molar-refractivity contribution in [1.29, 1.82) is 0 Å². The van der Waals surface area contributed by atoms with Crippen LogP contribution in [0.2, 0.25) is 0 Å². The van der Waals surface area contributed by atoms with Crippen molar-refractivity contribution in [1.82, 2.24) is 25.3 Å². The maximum absolute atomic E-state index is 16.7. The average Bonchev–Trinajstić information content (AvgIpc) is 3.88. The molecule has 0 bridgehead atoms. The number of aromatic hydroxyl groups is 1. The van der Waals surface area contributed by atoms with Gasteiger partial charge in [0.15, 0.2) is 11.6 Å². The van der Waals surface area contributed by atoms with Crippen LogP contribution < -0.4 is 15.2 Å². The SMILES string of the molecule is C#Cc1c(F)ccc2cc(O)cc(-c3ncc4c(N5CCCCCN5)nc(OCC5(CN6CCC(=C(F)F)CC6)CC5)nc4c3F)c12. The highest BCUT2D eigenvalue weighted by molar-refractivity contribution is 6.03. The number of hydrogen-bond acceptors (Lipinski definition) is 8. The number of anilines is 1. The second-order valence-corrected chi connectivity index (χ2v) is 12.7. The van der Waals surface area contributed by atoms with Crippen molar-refractivity contribution in [3.05, 3.63) is 59.3 Å². The largest absolute Gasteiger partial charge is 0.508 e. The third-order valence-corrected chi connectivity index (χ3v) is 9.46. The summed E-state index contributed by atoms with van der Waals surface area (Å²) in [6.45, 7) is 3.50. The van der Waals surface area contributed by atoms with Gasteiger partial charge < -0.3 is 14.7 Å². The van der Waals surface area contributed by atoms with Crippen LogP contribution in [0.15, 0.2) is 42.1 Å². The Balaban J connectivity index is 1.26. The number of likely N-dealkylation sites (tertiary alicyclic amines) is 1. The maximum atomic E-state index is 16.7. The van der Waals surface area contributed by atoms with E-state index in [1.54, 1.807) is 0 Å². The van der Waals surface area contributed by atoms with Gasteiger partial charge in [0, 0.05) is 55.3 Å². The molecular weight excluding hydrogens is 612 g/mol. The third kappa shape index (κ3) is 6.17. The van der Waals surface area contributed by atoms with Gasteiger partial charge in [0.25, 0.3) is 6.08 Å². The van der Waals surface area contributed by atoms with Crippen LogP contribution in [0.1, 0.15) is 50.5 Å². The van der Waals surface area contributed by atoms with Crippen molar-refractivity contribution in [2.45, 2.75) is 44.9 Å². The van der Waals surface area contributed by atoms with E-state index < -0.39 is 17.7 Å². The molecule has 2 aromatic heterocycles. The number of pyridine rings is 1. The number of piperidine rings is 1. The predicted molar refractivity (Wildman–Crippen MR) is 171 cm³/mol. The maximum Gasteiger partial charge on any atom is 0.319 e. The summed E-state index contributed by atoms with van der Waals surface area (Å²) in [6.07, 6.45) is 11.0. The number of benzene rings is 2. The summed E-state index contributed by atoms with van der Waals surface area (Å²) >= 11 is 0. The van der Waals surface area contributed by atoms with E-state index in [-0.39, 0.29) is 50.5 Å². The van der Waals surface area contributed by atoms with Crippen molar-refractivity contribution in [2.24, 2.45) is 5.41 Å². The number of phenolic OH excluding ortho intramolecular Hbond substituents is 1. The number of ether oxygens (including phenoxy) is 1. The fraction of sp³-hybridized carbons (Fsp3) is 0.400. The minimum atomic E-state index is -1.57. The van der Waals surface area contributed by atoms with Gasteiger partial charge in [-0.1, -0.05) is 18.4 Å². The molecule has 0 amide bonds. The molecule has 1 saturated carbocycles. The van der Waals surface area contributed by atoms with Gasteiger partial charge in [-0.3, -0.25) is 9.99 Å². The van der Waals surface area contributed by atoms with E-state index >= 15 is 4.39 Å². The van der Waals surface area contributed by atoms with Gasteiger partial charge in [-0.2, -0.15) is 18.7 Å². The highest BCUT2D eigenvalue weighted by atomic mass is 19.3. The molecule has 47 heavy (non-hydrogen) atoms. The zero-order chi connectivity index (χ0) is 32.7. The third-order valence-electron chi connectivity index (χ3n) is 9.46. The van der Waals surface area contributed by atoms with Crippen molar-refractivity contribution in [3.8, 4) is 35.4 Å². The summed E-state index contributed by atoms with van der Waals surface area (Å²) in [5, 5.41) is 13.4. The lowest BCUT2D eigenvalue weighted by atomic mass is 9.96. The second-order valence-electron chi connectivity index (χ2n) is 12.7. The molecule has 0 radical (unpaired) electrons. The van der Waals surface area contributed by atoms with Gasteiger partial charge in [-0.25, -0.2) is 14.2 Å². The molecule has 1 aliphatic carbocycles. The Kier molecular flexibility index (Phi) is 8.36. The highest BCUT2D eigenvalue weighted by Crippen LogP contribution is 2.47. The molecule has 4 aromatic rings. The van der Waals surface area contributed by atoms with Crippen molar-refractivity contribution >= 4 is 27.5 Å². The van der Waals surface area contributed by atoms with Gasteiger partial charge in [-0.05, 0) is 67.7 Å². The minimum absolute atomic E-state index is 0.000335. The number of phenols is 1. The Hall–Kier alpha value is -4.47. The molecule has 2 aliphatic heterocycles. The summed E-state index contributed by atoms with van der Waals surface area (Å²) in [5.41, 5.74) is 3.31. The fourth-order valence-corrected chi connectivity index (χ4v) is 6.66.